The van der Waals surface area contributed by atoms with Gasteiger partial charge in [0.25, 0.3) is 5.91 Å². The summed E-state index contributed by atoms with van der Waals surface area (Å²) in [6.07, 6.45) is 2.06. The molecule has 2 atom stereocenters. The molecule has 0 aliphatic carbocycles. The summed E-state index contributed by atoms with van der Waals surface area (Å²) in [6, 6.07) is -1.67. The van der Waals surface area contributed by atoms with E-state index in [1.807, 2.05) is 0 Å². The highest BCUT2D eigenvalue weighted by Crippen LogP contribution is 2.13. The van der Waals surface area contributed by atoms with Crippen molar-refractivity contribution >= 4 is 36.1 Å². The number of rotatable bonds is 8. The van der Waals surface area contributed by atoms with Gasteiger partial charge in [0.1, 0.15) is 12.6 Å². The smallest absolute Gasteiger partial charge is 0.323 e. The summed E-state index contributed by atoms with van der Waals surface area (Å²) in [5.74, 6) is -3.03. The predicted molar refractivity (Wildman–Crippen MR) is 83.6 cm³/mol. The number of carbonyl (C=O) groups is 4. The second-order valence-corrected chi connectivity index (χ2v) is 5.20. The molecule has 0 aromatic heterocycles. The van der Waals surface area contributed by atoms with Crippen LogP contribution in [0.5, 0.6) is 0 Å². The summed E-state index contributed by atoms with van der Waals surface area (Å²) in [7, 11) is 0. The summed E-state index contributed by atoms with van der Waals surface area (Å²) in [6.45, 7) is -0.186. The van der Waals surface area contributed by atoms with Gasteiger partial charge in [-0.2, -0.15) is 0 Å². The number of hydrogen-bond acceptors (Lipinski definition) is 6. The van der Waals surface area contributed by atoms with E-state index in [0.717, 1.165) is 6.42 Å². The fourth-order valence-corrected chi connectivity index (χ4v) is 2.19. The number of halogens is 1. The minimum absolute atomic E-state index is 0. The molecule has 0 aromatic rings. The quantitative estimate of drug-likeness (QED) is 0.309. The normalized spacial score (nSPS) is 19.0. The topological polar surface area (TPSA) is 156 Å². The third-order valence-corrected chi connectivity index (χ3v) is 3.43. The highest BCUT2D eigenvalue weighted by molar-refractivity contribution is 6.03. The average Bonchev–Trinajstić information content (AvgIpc) is 2.46. The molecule has 1 fully saturated rings. The lowest BCUT2D eigenvalue weighted by Gasteiger charge is -2.30. The maximum Gasteiger partial charge on any atom is 0.323 e. The molecule has 132 valence electrons. The van der Waals surface area contributed by atoms with Crippen molar-refractivity contribution in [2.45, 2.75) is 44.2 Å². The molecule has 1 rings (SSSR count). The van der Waals surface area contributed by atoms with Gasteiger partial charge >= 0.3 is 5.97 Å². The Morgan fingerprint density at radius 1 is 1.35 bits per heavy atom. The Bertz CT molecular complexity index is 460. The van der Waals surface area contributed by atoms with E-state index < -0.39 is 42.3 Å². The first-order valence-corrected chi connectivity index (χ1v) is 7.18. The molecular formula is C13H23ClN4O5. The highest BCUT2D eigenvalue weighted by atomic mass is 35.5. The Kier molecular flexibility index (Phi) is 9.38. The van der Waals surface area contributed by atoms with E-state index >= 15 is 0 Å². The zero-order chi connectivity index (χ0) is 16.7. The summed E-state index contributed by atoms with van der Waals surface area (Å²) >= 11 is 0. The van der Waals surface area contributed by atoms with E-state index in [1.165, 1.54) is 0 Å². The average molecular weight is 351 g/mol. The SMILES string of the molecule is Cl.NCCCC[C@H](N)C(=O)N[C@H]1CCC(=O)N(CC(=O)O)C1=O. The summed E-state index contributed by atoms with van der Waals surface area (Å²) in [5.41, 5.74) is 11.1. The molecule has 1 aliphatic heterocycles. The second kappa shape index (κ2) is 10.1. The van der Waals surface area contributed by atoms with Gasteiger partial charge in [0.15, 0.2) is 0 Å². The minimum atomic E-state index is -1.29. The molecule has 1 heterocycles. The van der Waals surface area contributed by atoms with Crippen molar-refractivity contribution in [1.82, 2.24) is 10.2 Å². The lowest BCUT2D eigenvalue weighted by Crippen LogP contribution is -2.57. The Morgan fingerprint density at radius 2 is 2.00 bits per heavy atom. The zero-order valence-corrected chi connectivity index (χ0v) is 13.5. The van der Waals surface area contributed by atoms with Crippen molar-refractivity contribution in [2.75, 3.05) is 13.1 Å². The van der Waals surface area contributed by atoms with Crippen LogP contribution in [-0.2, 0) is 19.2 Å². The van der Waals surface area contributed by atoms with Gasteiger partial charge in [-0.3, -0.25) is 24.1 Å². The first-order chi connectivity index (χ1) is 10.4. The number of carboxylic acids is 1. The number of carboxylic acid groups (broad SMARTS) is 1. The summed E-state index contributed by atoms with van der Waals surface area (Å²) in [5, 5.41) is 11.2. The van der Waals surface area contributed by atoms with Gasteiger partial charge in [0.05, 0.1) is 6.04 Å². The van der Waals surface area contributed by atoms with Gasteiger partial charge in [-0.05, 0) is 25.8 Å². The first-order valence-electron chi connectivity index (χ1n) is 7.18. The number of piperidine rings is 1. The van der Waals surface area contributed by atoms with E-state index in [9.17, 15) is 19.2 Å². The monoisotopic (exact) mass is 350 g/mol. The van der Waals surface area contributed by atoms with Gasteiger partial charge in [0, 0.05) is 6.42 Å². The van der Waals surface area contributed by atoms with E-state index in [0.29, 0.717) is 24.3 Å². The van der Waals surface area contributed by atoms with E-state index in [2.05, 4.69) is 5.32 Å². The fourth-order valence-electron chi connectivity index (χ4n) is 2.19. The van der Waals surface area contributed by atoms with Gasteiger partial charge in [-0.25, -0.2) is 0 Å². The third kappa shape index (κ3) is 6.51. The van der Waals surface area contributed by atoms with Crippen LogP contribution in [0.4, 0.5) is 0 Å². The van der Waals surface area contributed by atoms with E-state index in [1.54, 1.807) is 0 Å². The van der Waals surface area contributed by atoms with Gasteiger partial charge in [-0.1, -0.05) is 6.42 Å². The molecule has 0 saturated carbocycles. The molecular weight excluding hydrogens is 328 g/mol. The molecule has 1 aliphatic rings. The van der Waals surface area contributed by atoms with E-state index in [4.69, 9.17) is 16.6 Å². The van der Waals surface area contributed by atoms with Crippen molar-refractivity contribution < 1.29 is 24.3 Å². The van der Waals surface area contributed by atoms with E-state index in [-0.39, 0.29) is 25.2 Å². The molecule has 10 heteroatoms. The predicted octanol–water partition coefficient (Wildman–Crippen LogP) is -1.42. The Hall–Kier alpha value is -1.71. The van der Waals surface area contributed by atoms with Crippen molar-refractivity contribution in [3.63, 3.8) is 0 Å². The summed E-state index contributed by atoms with van der Waals surface area (Å²) < 4.78 is 0. The van der Waals surface area contributed by atoms with Crippen LogP contribution in [0.1, 0.15) is 32.1 Å². The third-order valence-electron chi connectivity index (χ3n) is 3.43. The van der Waals surface area contributed by atoms with Crippen molar-refractivity contribution in [3.05, 3.63) is 0 Å². The molecule has 0 radical (unpaired) electrons. The number of carbonyl (C=O) groups excluding carboxylic acids is 3. The first kappa shape index (κ1) is 21.3. The van der Waals surface area contributed by atoms with Gasteiger partial charge in [0.2, 0.25) is 11.8 Å². The maximum absolute atomic E-state index is 12.1. The minimum Gasteiger partial charge on any atom is -0.480 e. The van der Waals surface area contributed by atoms with Crippen molar-refractivity contribution in [2.24, 2.45) is 11.5 Å². The molecule has 3 amide bonds. The molecule has 0 spiro atoms. The molecule has 1 saturated heterocycles. The van der Waals surface area contributed by atoms with Crippen LogP contribution >= 0.6 is 12.4 Å². The standard InChI is InChI=1S/C13H22N4O5.ClH/c14-6-2-1-3-8(15)12(21)16-9-4-5-10(18)17(13(9)22)7-11(19)20;/h8-9H,1-7,14-15H2,(H,16,21)(H,19,20);1H/t8-,9-;/m0./s1. The molecule has 0 bridgehead atoms. The van der Waals surface area contributed by atoms with Crippen LogP contribution in [0.2, 0.25) is 0 Å². The second-order valence-electron chi connectivity index (χ2n) is 5.20. The van der Waals surface area contributed by atoms with Crippen LogP contribution in [0, 0.1) is 0 Å². The van der Waals surface area contributed by atoms with Crippen LogP contribution in [0.15, 0.2) is 0 Å². The van der Waals surface area contributed by atoms with Crippen molar-refractivity contribution in [3.8, 4) is 0 Å². The number of aliphatic carboxylic acids is 1. The number of likely N-dealkylation sites (tertiary alicyclic amines) is 1. The lowest BCUT2D eigenvalue weighted by molar-refractivity contribution is -0.156. The largest absolute Gasteiger partial charge is 0.480 e. The maximum atomic E-state index is 12.1. The molecule has 0 unspecified atom stereocenters. The molecule has 0 aromatic carbocycles. The van der Waals surface area contributed by atoms with Crippen LogP contribution in [-0.4, -0.2) is 58.9 Å². The Morgan fingerprint density at radius 3 is 2.57 bits per heavy atom. The fraction of sp³-hybridized carbons (Fsp3) is 0.692. The number of nitrogens with zero attached hydrogens (tertiary/aromatic N) is 1. The summed E-state index contributed by atoms with van der Waals surface area (Å²) in [4.78, 5) is 46.9. The number of unbranched alkanes of at least 4 members (excludes halogenated alkanes) is 1. The molecule has 9 nitrogen and oxygen atoms in total. The molecule has 6 N–H and O–H groups in total. The van der Waals surface area contributed by atoms with Crippen LogP contribution in [0.3, 0.4) is 0 Å². The number of nitrogens with two attached hydrogens (primary N) is 2. The molecule has 23 heavy (non-hydrogen) atoms. The van der Waals surface area contributed by atoms with Gasteiger partial charge in [-0.15, -0.1) is 12.4 Å². The van der Waals surface area contributed by atoms with Gasteiger partial charge < -0.3 is 21.9 Å². The number of hydrogen-bond donors (Lipinski definition) is 4. The Labute approximate surface area is 140 Å². The Balaban J connectivity index is 0.00000484. The van der Waals surface area contributed by atoms with Crippen molar-refractivity contribution in [1.29, 1.82) is 0 Å². The number of amides is 3. The van der Waals surface area contributed by atoms with Crippen LogP contribution in [0.25, 0.3) is 0 Å². The van der Waals surface area contributed by atoms with Crippen LogP contribution < -0.4 is 16.8 Å². The zero-order valence-electron chi connectivity index (χ0n) is 12.7. The number of nitrogens with one attached hydrogen (secondary N) is 1. The lowest BCUT2D eigenvalue weighted by atomic mass is 10.0. The highest BCUT2D eigenvalue weighted by Gasteiger charge is 2.36. The number of imide groups is 1.